The Morgan fingerprint density at radius 2 is 1.34 bits per heavy atom. The molecule has 4 N–H and O–H groups in total. The summed E-state index contributed by atoms with van der Waals surface area (Å²) in [5.41, 5.74) is 0. The SMILES string of the molecule is CCCCCCCCCCCCCC(=O)NC(CCC(=O)O)C(=O)NCCNC. The van der Waals surface area contributed by atoms with E-state index in [9.17, 15) is 14.4 Å². The van der Waals surface area contributed by atoms with E-state index in [0.717, 1.165) is 19.3 Å². The molecule has 0 aliphatic rings. The number of carbonyl (C=O) groups is 3. The minimum atomic E-state index is -0.974. The first-order valence-corrected chi connectivity index (χ1v) is 11.4. The number of amides is 2. The van der Waals surface area contributed by atoms with Gasteiger partial charge in [-0.1, -0.05) is 71.1 Å². The largest absolute Gasteiger partial charge is 0.481 e. The van der Waals surface area contributed by atoms with Gasteiger partial charge in [-0.2, -0.15) is 0 Å². The second-order valence-electron chi connectivity index (χ2n) is 7.73. The van der Waals surface area contributed by atoms with E-state index < -0.39 is 12.0 Å². The number of carbonyl (C=O) groups excluding carboxylic acids is 2. The molecule has 0 saturated heterocycles. The van der Waals surface area contributed by atoms with Crippen LogP contribution in [0, 0.1) is 0 Å². The summed E-state index contributed by atoms with van der Waals surface area (Å²) in [4.78, 5) is 35.1. The van der Waals surface area contributed by atoms with Crippen LogP contribution in [0.15, 0.2) is 0 Å². The van der Waals surface area contributed by atoms with Gasteiger partial charge in [0.1, 0.15) is 6.04 Å². The second-order valence-corrected chi connectivity index (χ2v) is 7.73. The van der Waals surface area contributed by atoms with Crippen LogP contribution in [0.2, 0.25) is 0 Å². The number of carboxylic acids is 1. The average molecular weight is 414 g/mol. The third-order valence-electron chi connectivity index (χ3n) is 4.98. The van der Waals surface area contributed by atoms with Crippen molar-refractivity contribution in [3.63, 3.8) is 0 Å². The van der Waals surface area contributed by atoms with Crippen molar-refractivity contribution < 1.29 is 19.5 Å². The molecule has 0 aliphatic heterocycles. The van der Waals surface area contributed by atoms with Crippen LogP contribution in [0.1, 0.15) is 96.8 Å². The third-order valence-corrected chi connectivity index (χ3v) is 4.98. The molecule has 7 heteroatoms. The lowest BCUT2D eigenvalue weighted by atomic mass is 10.0. The molecule has 0 fully saturated rings. The van der Waals surface area contributed by atoms with E-state index in [1.54, 1.807) is 7.05 Å². The van der Waals surface area contributed by atoms with Crippen molar-refractivity contribution in [3.05, 3.63) is 0 Å². The Morgan fingerprint density at radius 1 is 0.793 bits per heavy atom. The molecule has 0 rings (SSSR count). The molecule has 29 heavy (non-hydrogen) atoms. The van der Waals surface area contributed by atoms with Crippen LogP contribution < -0.4 is 16.0 Å². The summed E-state index contributed by atoms with van der Waals surface area (Å²) in [6.45, 7) is 3.29. The second kappa shape index (κ2) is 19.7. The smallest absolute Gasteiger partial charge is 0.303 e. The summed E-state index contributed by atoms with van der Waals surface area (Å²) >= 11 is 0. The van der Waals surface area contributed by atoms with Crippen molar-refractivity contribution in [3.8, 4) is 0 Å². The van der Waals surface area contributed by atoms with Crippen molar-refractivity contribution in [2.75, 3.05) is 20.1 Å². The highest BCUT2D eigenvalue weighted by atomic mass is 16.4. The summed E-state index contributed by atoms with van der Waals surface area (Å²) in [7, 11) is 1.78. The van der Waals surface area contributed by atoms with Crippen LogP contribution in [0.25, 0.3) is 0 Å². The molecule has 170 valence electrons. The number of likely N-dealkylation sites (N-methyl/N-ethyl adjacent to an activating group) is 1. The monoisotopic (exact) mass is 413 g/mol. The lowest BCUT2D eigenvalue weighted by Crippen LogP contribution is -2.48. The van der Waals surface area contributed by atoms with Gasteiger partial charge >= 0.3 is 5.97 Å². The molecule has 0 aromatic carbocycles. The van der Waals surface area contributed by atoms with E-state index in [-0.39, 0.29) is 24.7 Å². The van der Waals surface area contributed by atoms with Crippen molar-refractivity contribution in [1.29, 1.82) is 0 Å². The van der Waals surface area contributed by atoms with Crippen LogP contribution in [0.4, 0.5) is 0 Å². The molecular formula is C22H43N3O4. The standard InChI is InChI=1S/C22H43N3O4/c1-3-4-5-6-7-8-9-10-11-12-13-14-20(26)25-19(15-16-21(27)28)22(29)24-18-17-23-2/h19,23H,3-18H2,1-2H3,(H,24,29)(H,25,26)(H,27,28). The predicted octanol–water partition coefficient (Wildman–Crippen LogP) is 3.37. The number of nitrogens with one attached hydrogen (secondary N) is 3. The molecule has 0 aromatic rings. The zero-order chi connectivity index (χ0) is 21.7. The van der Waals surface area contributed by atoms with Gasteiger partial charge in [-0.05, 0) is 19.9 Å². The molecule has 0 heterocycles. The summed E-state index contributed by atoms with van der Waals surface area (Å²) in [6, 6.07) is -0.789. The van der Waals surface area contributed by atoms with Crippen LogP contribution in [-0.2, 0) is 14.4 Å². The summed E-state index contributed by atoms with van der Waals surface area (Å²) < 4.78 is 0. The predicted molar refractivity (Wildman–Crippen MR) is 117 cm³/mol. The van der Waals surface area contributed by atoms with E-state index in [1.165, 1.54) is 51.4 Å². The Labute approximate surface area is 176 Å². The van der Waals surface area contributed by atoms with Crippen LogP contribution in [0.5, 0.6) is 0 Å². The highest BCUT2D eigenvalue weighted by molar-refractivity contribution is 5.88. The van der Waals surface area contributed by atoms with Gasteiger partial charge < -0.3 is 21.1 Å². The van der Waals surface area contributed by atoms with Crippen LogP contribution >= 0.6 is 0 Å². The average Bonchev–Trinajstić information content (AvgIpc) is 2.69. The molecule has 0 bridgehead atoms. The summed E-state index contributed by atoms with van der Waals surface area (Å²) in [6.07, 6.45) is 13.7. The van der Waals surface area contributed by atoms with Gasteiger partial charge in [-0.3, -0.25) is 14.4 Å². The first kappa shape index (κ1) is 27.4. The van der Waals surface area contributed by atoms with Crippen molar-refractivity contribution >= 4 is 17.8 Å². The van der Waals surface area contributed by atoms with Gasteiger partial charge in [0.05, 0.1) is 0 Å². The maximum Gasteiger partial charge on any atom is 0.303 e. The maximum atomic E-state index is 12.2. The van der Waals surface area contributed by atoms with Gasteiger partial charge in [0.25, 0.3) is 0 Å². The molecular weight excluding hydrogens is 370 g/mol. The minimum absolute atomic E-state index is 0.102. The van der Waals surface area contributed by atoms with Crippen LogP contribution in [0.3, 0.4) is 0 Å². The van der Waals surface area contributed by atoms with Crippen molar-refractivity contribution in [1.82, 2.24) is 16.0 Å². The molecule has 0 aromatic heterocycles. The van der Waals surface area contributed by atoms with Gasteiger partial charge in [0.15, 0.2) is 0 Å². The Hall–Kier alpha value is -1.63. The minimum Gasteiger partial charge on any atom is -0.481 e. The lowest BCUT2D eigenvalue weighted by Gasteiger charge is -2.18. The first-order chi connectivity index (χ1) is 14.0. The van der Waals surface area contributed by atoms with Gasteiger partial charge in [0, 0.05) is 25.9 Å². The van der Waals surface area contributed by atoms with Crippen molar-refractivity contribution in [2.45, 2.75) is 103 Å². The van der Waals surface area contributed by atoms with Gasteiger partial charge in [-0.25, -0.2) is 0 Å². The number of carboxylic acid groups (broad SMARTS) is 1. The number of rotatable bonds is 20. The van der Waals surface area contributed by atoms with E-state index in [1.807, 2.05) is 0 Å². The first-order valence-electron chi connectivity index (χ1n) is 11.4. The fraction of sp³-hybridized carbons (Fsp3) is 0.864. The van der Waals surface area contributed by atoms with Gasteiger partial charge in [0.2, 0.25) is 11.8 Å². The Morgan fingerprint density at radius 3 is 1.86 bits per heavy atom. The Balaban J connectivity index is 3.91. The molecule has 0 spiro atoms. The topological polar surface area (TPSA) is 108 Å². The molecule has 0 radical (unpaired) electrons. The highest BCUT2D eigenvalue weighted by Gasteiger charge is 2.21. The normalized spacial score (nSPS) is 11.8. The third kappa shape index (κ3) is 18.2. The van der Waals surface area contributed by atoms with E-state index in [2.05, 4.69) is 22.9 Å². The quantitative estimate of drug-likeness (QED) is 0.229. The fourth-order valence-electron chi connectivity index (χ4n) is 3.19. The van der Waals surface area contributed by atoms with E-state index in [0.29, 0.717) is 19.5 Å². The van der Waals surface area contributed by atoms with Gasteiger partial charge in [-0.15, -0.1) is 0 Å². The molecule has 0 saturated carbocycles. The number of hydrogen-bond acceptors (Lipinski definition) is 4. The molecule has 7 nitrogen and oxygen atoms in total. The summed E-state index contributed by atoms with van der Waals surface area (Å²) in [5.74, 6) is -1.48. The zero-order valence-corrected chi connectivity index (χ0v) is 18.6. The molecule has 1 atom stereocenters. The summed E-state index contributed by atoms with van der Waals surface area (Å²) in [5, 5.41) is 17.2. The number of hydrogen-bond donors (Lipinski definition) is 4. The number of unbranched alkanes of at least 4 members (excludes halogenated alkanes) is 10. The van der Waals surface area contributed by atoms with Crippen molar-refractivity contribution in [2.24, 2.45) is 0 Å². The highest BCUT2D eigenvalue weighted by Crippen LogP contribution is 2.12. The maximum absolute atomic E-state index is 12.2. The zero-order valence-electron chi connectivity index (χ0n) is 18.6. The van der Waals surface area contributed by atoms with Crippen LogP contribution in [-0.4, -0.2) is 49.1 Å². The number of aliphatic carboxylic acids is 1. The Bertz CT molecular complexity index is 444. The lowest BCUT2D eigenvalue weighted by molar-refractivity contribution is -0.138. The Kier molecular flexibility index (Phi) is 18.6. The molecule has 0 aliphatic carbocycles. The van der Waals surface area contributed by atoms with E-state index >= 15 is 0 Å². The van der Waals surface area contributed by atoms with E-state index in [4.69, 9.17) is 5.11 Å². The fourth-order valence-corrected chi connectivity index (χ4v) is 3.19. The molecule has 2 amide bonds. The molecule has 1 unspecified atom stereocenters.